The molecule has 0 aliphatic heterocycles. The Hall–Kier alpha value is -0.880. The molecule has 0 aliphatic carbocycles. The summed E-state index contributed by atoms with van der Waals surface area (Å²) in [4.78, 5) is 40.1. The summed E-state index contributed by atoms with van der Waals surface area (Å²) in [6, 6.07) is 0. The summed E-state index contributed by atoms with van der Waals surface area (Å²) < 4.78 is 49.6. The molecule has 13 nitrogen and oxygen atoms in total. The number of aliphatic hydroxyl groups excluding tert-OH is 1. The molecular formula is C11H22O13P2. The molecule has 3 N–H and O–H groups in total. The van der Waals surface area contributed by atoms with Gasteiger partial charge in [0.1, 0.15) is 12.7 Å². The van der Waals surface area contributed by atoms with Crippen molar-refractivity contribution < 1.29 is 61.2 Å². The van der Waals surface area contributed by atoms with Crippen LogP contribution in [0.5, 0.6) is 0 Å². The lowest BCUT2D eigenvalue weighted by Gasteiger charge is -2.19. The molecule has 0 amide bonds. The third kappa shape index (κ3) is 13.3. The van der Waals surface area contributed by atoms with E-state index in [9.17, 15) is 28.7 Å². The number of carbonyl (C=O) groups is 2. The van der Waals surface area contributed by atoms with Crippen LogP contribution in [0.1, 0.15) is 13.8 Å². The van der Waals surface area contributed by atoms with Crippen LogP contribution in [-0.2, 0) is 46.3 Å². The number of hydrogen-bond donors (Lipinski definition) is 3. The van der Waals surface area contributed by atoms with E-state index in [1.54, 1.807) is 0 Å². The molecule has 0 fully saturated rings. The molecule has 0 saturated heterocycles. The van der Waals surface area contributed by atoms with Crippen LogP contribution in [0.4, 0.5) is 0 Å². The zero-order valence-electron chi connectivity index (χ0n) is 14.3. The van der Waals surface area contributed by atoms with Gasteiger partial charge in [0.15, 0.2) is 6.10 Å². The van der Waals surface area contributed by atoms with Gasteiger partial charge in [-0.3, -0.25) is 27.7 Å². The van der Waals surface area contributed by atoms with E-state index in [0.29, 0.717) is 0 Å². The van der Waals surface area contributed by atoms with Crippen molar-refractivity contribution in [3.63, 3.8) is 0 Å². The first-order valence-corrected chi connectivity index (χ1v) is 9.99. The molecule has 0 saturated carbocycles. The van der Waals surface area contributed by atoms with Crippen LogP contribution in [0.2, 0.25) is 0 Å². The van der Waals surface area contributed by atoms with Gasteiger partial charge in [0.2, 0.25) is 0 Å². The molecule has 0 bridgehead atoms. The molecule has 0 aromatic carbocycles. The van der Waals surface area contributed by atoms with Gasteiger partial charge in [-0.15, -0.1) is 0 Å². The molecule has 0 heterocycles. The molecule has 0 aliphatic rings. The Morgan fingerprint density at radius 1 is 0.885 bits per heavy atom. The van der Waals surface area contributed by atoms with E-state index in [1.165, 1.54) is 0 Å². The van der Waals surface area contributed by atoms with Gasteiger partial charge in [0.05, 0.1) is 19.8 Å². The fourth-order valence-corrected chi connectivity index (χ4v) is 2.49. The van der Waals surface area contributed by atoms with Gasteiger partial charge in [-0.05, 0) is 0 Å². The first-order valence-electron chi connectivity index (χ1n) is 7.00. The van der Waals surface area contributed by atoms with E-state index in [4.69, 9.17) is 9.63 Å². The second-order valence-electron chi connectivity index (χ2n) is 4.69. The molecule has 0 aromatic heterocycles. The summed E-state index contributed by atoms with van der Waals surface area (Å²) in [5, 5.41) is 9.46. The standard InChI is InChI=1S/C11H22O13P2/c1-8(12)20-6-11(24-9(2)13)7-23-26(17,18)22-5-10(14)4-21-25(15,16)19-3/h10-11,14H,4-7H2,1-3H3,(H,15,16)(H,17,18)/t10-,11+/m0/s1. The number of phosphoric acid groups is 2. The Balaban J connectivity index is 4.39. The highest BCUT2D eigenvalue weighted by Crippen LogP contribution is 2.44. The van der Waals surface area contributed by atoms with Crippen molar-refractivity contribution in [2.45, 2.75) is 26.1 Å². The number of phosphoric ester groups is 2. The fraction of sp³-hybridized carbons (Fsp3) is 0.818. The fourth-order valence-electron chi connectivity index (χ4n) is 1.24. The maximum atomic E-state index is 11.7. The third-order valence-corrected chi connectivity index (χ3v) is 4.21. The molecule has 15 heteroatoms. The zero-order chi connectivity index (χ0) is 20.4. The zero-order valence-corrected chi connectivity index (χ0v) is 16.1. The van der Waals surface area contributed by atoms with Gasteiger partial charge in [-0.2, -0.15) is 0 Å². The van der Waals surface area contributed by atoms with Gasteiger partial charge in [0, 0.05) is 21.0 Å². The number of carbonyl (C=O) groups excluding carboxylic acids is 2. The van der Waals surface area contributed by atoms with Crippen LogP contribution in [0.25, 0.3) is 0 Å². The molecule has 0 spiro atoms. The highest BCUT2D eigenvalue weighted by molar-refractivity contribution is 7.47. The van der Waals surface area contributed by atoms with Crippen molar-refractivity contribution in [2.75, 3.05) is 33.5 Å². The summed E-state index contributed by atoms with van der Waals surface area (Å²) in [5.74, 6) is -1.40. The Kier molecular flexibility index (Phi) is 11.4. The maximum absolute atomic E-state index is 11.7. The van der Waals surface area contributed by atoms with Gasteiger partial charge >= 0.3 is 27.6 Å². The van der Waals surface area contributed by atoms with Gasteiger partial charge < -0.3 is 24.4 Å². The SMILES string of the molecule is COP(=O)(O)OC[C@H](O)COP(=O)(O)OC[C@@H](COC(C)=O)OC(C)=O. The van der Waals surface area contributed by atoms with Crippen LogP contribution in [0.15, 0.2) is 0 Å². The van der Waals surface area contributed by atoms with E-state index in [1.807, 2.05) is 0 Å². The van der Waals surface area contributed by atoms with Crippen molar-refractivity contribution in [2.24, 2.45) is 0 Å². The van der Waals surface area contributed by atoms with Crippen LogP contribution in [0, 0.1) is 0 Å². The van der Waals surface area contributed by atoms with E-state index >= 15 is 0 Å². The normalized spacial score (nSPS) is 18.2. The molecule has 0 rings (SSSR count). The highest BCUT2D eigenvalue weighted by atomic mass is 31.2. The van der Waals surface area contributed by atoms with Crippen molar-refractivity contribution in [1.82, 2.24) is 0 Å². The van der Waals surface area contributed by atoms with E-state index in [2.05, 4.69) is 22.8 Å². The second kappa shape index (κ2) is 11.8. The highest BCUT2D eigenvalue weighted by Gasteiger charge is 2.27. The maximum Gasteiger partial charge on any atom is 0.472 e. The van der Waals surface area contributed by atoms with Gasteiger partial charge in [-0.25, -0.2) is 9.13 Å². The van der Waals surface area contributed by atoms with Crippen LogP contribution in [0.3, 0.4) is 0 Å². The number of esters is 2. The van der Waals surface area contributed by atoms with Gasteiger partial charge in [-0.1, -0.05) is 0 Å². The number of ether oxygens (including phenoxy) is 2. The number of hydrogen-bond acceptors (Lipinski definition) is 11. The summed E-state index contributed by atoms with van der Waals surface area (Å²) in [7, 11) is -8.08. The summed E-state index contributed by atoms with van der Waals surface area (Å²) >= 11 is 0. The predicted octanol–water partition coefficient (Wildman–Crippen LogP) is -0.261. The average Bonchev–Trinajstić information content (AvgIpc) is 2.53. The van der Waals surface area contributed by atoms with Crippen molar-refractivity contribution in [3.8, 4) is 0 Å². The lowest BCUT2D eigenvalue weighted by molar-refractivity contribution is -0.158. The number of rotatable bonds is 13. The minimum absolute atomic E-state index is 0.409. The van der Waals surface area contributed by atoms with Crippen LogP contribution in [-0.4, -0.2) is 72.6 Å². The molecule has 0 aromatic rings. The number of aliphatic hydroxyl groups is 1. The van der Waals surface area contributed by atoms with Crippen LogP contribution < -0.4 is 0 Å². The first kappa shape index (κ1) is 25.1. The monoisotopic (exact) mass is 424 g/mol. The predicted molar refractivity (Wildman–Crippen MR) is 82.7 cm³/mol. The quantitative estimate of drug-likeness (QED) is 0.260. The Morgan fingerprint density at radius 3 is 1.85 bits per heavy atom. The Bertz CT molecular complexity index is 550. The lowest BCUT2D eigenvalue weighted by atomic mass is 10.4. The molecule has 0 radical (unpaired) electrons. The smallest absolute Gasteiger partial charge is 0.462 e. The molecule has 26 heavy (non-hydrogen) atoms. The Morgan fingerprint density at radius 2 is 1.38 bits per heavy atom. The second-order valence-corrected chi connectivity index (χ2v) is 7.71. The average molecular weight is 424 g/mol. The van der Waals surface area contributed by atoms with Crippen molar-refractivity contribution >= 4 is 27.6 Å². The minimum Gasteiger partial charge on any atom is -0.462 e. The summed E-state index contributed by atoms with van der Waals surface area (Å²) in [5.41, 5.74) is 0. The Labute approximate surface area is 149 Å². The van der Waals surface area contributed by atoms with Crippen LogP contribution >= 0.6 is 15.6 Å². The summed E-state index contributed by atoms with van der Waals surface area (Å²) in [6.07, 6.45) is -2.70. The summed E-state index contributed by atoms with van der Waals surface area (Å²) in [6.45, 7) is -0.350. The van der Waals surface area contributed by atoms with Crippen molar-refractivity contribution in [3.05, 3.63) is 0 Å². The van der Waals surface area contributed by atoms with E-state index in [-0.39, 0.29) is 0 Å². The third-order valence-electron chi connectivity index (χ3n) is 2.32. The van der Waals surface area contributed by atoms with E-state index < -0.39 is 66.2 Å². The van der Waals surface area contributed by atoms with Gasteiger partial charge in [0.25, 0.3) is 0 Å². The lowest BCUT2D eigenvalue weighted by Crippen LogP contribution is -2.28. The topological polar surface area (TPSA) is 184 Å². The van der Waals surface area contributed by atoms with E-state index in [0.717, 1.165) is 21.0 Å². The minimum atomic E-state index is -4.67. The molecule has 154 valence electrons. The molecule has 2 unspecified atom stereocenters. The largest absolute Gasteiger partial charge is 0.472 e. The molecule has 4 atom stereocenters. The first-order chi connectivity index (χ1) is 11.9. The van der Waals surface area contributed by atoms with Crippen molar-refractivity contribution in [1.29, 1.82) is 0 Å². The molecular weight excluding hydrogens is 402 g/mol.